The van der Waals surface area contributed by atoms with Crippen LogP contribution in [0.4, 0.5) is 17.1 Å². The first-order chi connectivity index (χ1) is 15.6. The standard InChI is InChI=1S/C29H30N2O/c32-28-11-6-24(29-16-20-12-21(17-29)14-22(13-20)18-29)15-23(28)19-30-25-7-9-27(10-8-25)31-26-4-2-1-3-5-26/h1-11,15,19-22,31-32H,12-14,16-18H2. The lowest BCUT2D eigenvalue weighted by Gasteiger charge is -2.57. The van der Waals surface area contributed by atoms with Crippen LogP contribution in [0.2, 0.25) is 0 Å². The van der Waals surface area contributed by atoms with Crippen LogP contribution in [-0.2, 0) is 5.41 Å². The molecule has 4 aliphatic carbocycles. The van der Waals surface area contributed by atoms with Crippen LogP contribution in [-0.4, -0.2) is 11.3 Å². The third kappa shape index (κ3) is 3.70. The summed E-state index contributed by atoms with van der Waals surface area (Å²) < 4.78 is 0. The molecule has 3 heteroatoms. The van der Waals surface area contributed by atoms with Gasteiger partial charge in [-0.05, 0) is 116 Å². The molecule has 162 valence electrons. The zero-order valence-electron chi connectivity index (χ0n) is 18.4. The highest BCUT2D eigenvalue weighted by atomic mass is 16.3. The maximum absolute atomic E-state index is 10.5. The minimum Gasteiger partial charge on any atom is -0.507 e. The van der Waals surface area contributed by atoms with Gasteiger partial charge in [-0.2, -0.15) is 0 Å². The Morgan fingerprint density at radius 3 is 2.06 bits per heavy atom. The largest absolute Gasteiger partial charge is 0.507 e. The van der Waals surface area contributed by atoms with E-state index in [2.05, 4.69) is 22.4 Å². The molecule has 0 radical (unpaired) electrons. The molecular formula is C29H30N2O. The van der Waals surface area contributed by atoms with Crippen molar-refractivity contribution in [2.45, 2.75) is 43.9 Å². The topological polar surface area (TPSA) is 44.6 Å². The molecule has 2 N–H and O–H groups in total. The highest BCUT2D eigenvalue weighted by Gasteiger charge is 2.51. The fourth-order valence-electron chi connectivity index (χ4n) is 6.92. The Balaban J connectivity index is 1.21. The van der Waals surface area contributed by atoms with E-state index in [-0.39, 0.29) is 0 Å². The van der Waals surface area contributed by atoms with Gasteiger partial charge in [0.25, 0.3) is 0 Å². The van der Waals surface area contributed by atoms with Crippen molar-refractivity contribution in [1.82, 2.24) is 0 Å². The predicted octanol–water partition coefficient (Wildman–Crippen LogP) is 7.35. The third-order valence-corrected chi connectivity index (χ3v) is 7.96. The number of para-hydroxylation sites is 1. The summed E-state index contributed by atoms with van der Waals surface area (Å²) in [5.41, 5.74) is 5.54. The molecule has 0 unspecified atom stereocenters. The van der Waals surface area contributed by atoms with E-state index < -0.39 is 0 Å². The number of anilines is 2. The van der Waals surface area contributed by atoms with E-state index >= 15 is 0 Å². The molecule has 4 aliphatic rings. The Bertz CT molecular complexity index is 1100. The van der Waals surface area contributed by atoms with Crippen molar-refractivity contribution in [3.05, 3.63) is 83.9 Å². The van der Waals surface area contributed by atoms with Crippen molar-refractivity contribution < 1.29 is 5.11 Å². The van der Waals surface area contributed by atoms with Crippen LogP contribution in [0, 0.1) is 17.8 Å². The molecule has 32 heavy (non-hydrogen) atoms. The maximum Gasteiger partial charge on any atom is 0.124 e. The fraction of sp³-hybridized carbons (Fsp3) is 0.345. The number of phenolic OH excluding ortho intramolecular Hbond substituents is 1. The van der Waals surface area contributed by atoms with Gasteiger partial charge in [-0.3, -0.25) is 4.99 Å². The summed E-state index contributed by atoms with van der Waals surface area (Å²) in [7, 11) is 0. The zero-order valence-corrected chi connectivity index (χ0v) is 18.4. The zero-order chi connectivity index (χ0) is 21.5. The summed E-state index contributed by atoms with van der Waals surface area (Å²) in [6.45, 7) is 0. The first-order valence-corrected chi connectivity index (χ1v) is 11.9. The molecule has 3 aromatic carbocycles. The summed E-state index contributed by atoms with van der Waals surface area (Å²) in [5.74, 6) is 3.05. The maximum atomic E-state index is 10.5. The normalized spacial score (nSPS) is 28.3. The van der Waals surface area contributed by atoms with E-state index in [1.807, 2.05) is 66.9 Å². The van der Waals surface area contributed by atoms with Crippen LogP contribution in [0.25, 0.3) is 0 Å². The van der Waals surface area contributed by atoms with Gasteiger partial charge in [-0.1, -0.05) is 24.3 Å². The van der Waals surface area contributed by atoms with Crippen molar-refractivity contribution in [2.75, 3.05) is 5.32 Å². The number of rotatable bonds is 5. The molecular weight excluding hydrogens is 392 g/mol. The van der Waals surface area contributed by atoms with Crippen molar-refractivity contribution in [1.29, 1.82) is 0 Å². The average molecular weight is 423 g/mol. The minimum atomic E-state index is 0.310. The number of nitrogens with one attached hydrogen (secondary N) is 1. The van der Waals surface area contributed by atoms with Crippen LogP contribution in [0.1, 0.15) is 49.7 Å². The van der Waals surface area contributed by atoms with Gasteiger partial charge >= 0.3 is 0 Å². The van der Waals surface area contributed by atoms with E-state index in [9.17, 15) is 5.11 Å². The molecule has 0 amide bonds. The molecule has 7 rings (SSSR count). The number of aromatic hydroxyl groups is 1. The van der Waals surface area contributed by atoms with Crippen molar-refractivity contribution in [2.24, 2.45) is 22.7 Å². The van der Waals surface area contributed by atoms with Crippen molar-refractivity contribution in [3.63, 3.8) is 0 Å². The third-order valence-electron chi connectivity index (χ3n) is 7.96. The summed E-state index contributed by atoms with van der Waals surface area (Å²) in [6, 6.07) is 24.5. The second-order valence-electron chi connectivity index (χ2n) is 10.3. The first kappa shape index (κ1) is 19.6. The monoisotopic (exact) mass is 422 g/mol. The van der Waals surface area contributed by atoms with Gasteiger partial charge in [0.1, 0.15) is 5.75 Å². The molecule has 4 bridgehead atoms. The highest BCUT2D eigenvalue weighted by molar-refractivity contribution is 5.86. The highest BCUT2D eigenvalue weighted by Crippen LogP contribution is 2.60. The summed E-state index contributed by atoms with van der Waals surface area (Å²) in [6.07, 6.45) is 10.1. The van der Waals surface area contributed by atoms with Crippen LogP contribution < -0.4 is 5.32 Å². The molecule has 3 aromatic rings. The molecule has 0 saturated heterocycles. The molecule has 0 aromatic heterocycles. The summed E-state index contributed by atoms with van der Waals surface area (Å²) in [4.78, 5) is 4.66. The lowest BCUT2D eigenvalue weighted by molar-refractivity contribution is -0.00520. The van der Waals surface area contributed by atoms with Gasteiger partial charge in [0.15, 0.2) is 0 Å². The van der Waals surface area contributed by atoms with Crippen LogP contribution in [0.3, 0.4) is 0 Å². The van der Waals surface area contributed by atoms with E-state index in [4.69, 9.17) is 0 Å². The summed E-state index contributed by atoms with van der Waals surface area (Å²) >= 11 is 0. The Hall–Kier alpha value is -3.07. The van der Waals surface area contributed by atoms with E-state index in [1.54, 1.807) is 0 Å². The van der Waals surface area contributed by atoms with Gasteiger partial charge in [-0.15, -0.1) is 0 Å². The van der Waals surface area contributed by atoms with Gasteiger partial charge in [0, 0.05) is 23.2 Å². The second kappa shape index (κ2) is 7.81. The fourth-order valence-corrected chi connectivity index (χ4v) is 6.92. The molecule has 0 atom stereocenters. The smallest absolute Gasteiger partial charge is 0.124 e. The summed E-state index contributed by atoms with van der Waals surface area (Å²) in [5, 5.41) is 13.9. The van der Waals surface area contributed by atoms with Gasteiger partial charge < -0.3 is 10.4 Å². The van der Waals surface area contributed by atoms with Crippen molar-refractivity contribution in [3.8, 4) is 5.75 Å². The molecule has 0 spiro atoms. The van der Waals surface area contributed by atoms with Gasteiger partial charge in [0.05, 0.1) is 5.69 Å². The number of benzene rings is 3. The minimum absolute atomic E-state index is 0.310. The van der Waals surface area contributed by atoms with Gasteiger partial charge in [0.2, 0.25) is 0 Å². The number of aliphatic imine (C=N–C) groups is 1. The SMILES string of the molecule is Oc1ccc(C23CC4CC(CC(C4)C2)C3)cc1C=Nc1ccc(Nc2ccccc2)cc1. The Morgan fingerprint density at radius 1 is 0.781 bits per heavy atom. The Labute approximate surface area is 190 Å². The van der Waals surface area contributed by atoms with E-state index in [0.29, 0.717) is 11.2 Å². The number of phenols is 1. The molecule has 0 heterocycles. The average Bonchev–Trinajstić information content (AvgIpc) is 2.79. The first-order valence-electron chi connectivity index (χ1n) is 11.9. The molecule has 0 aliphatic heterocycles. The second-order valence-corrected chi connectivity index (χ2v) is 10.3. The molecule has 4 saturated carbocycles. The Kier molecular flexibility index (Phi) is 4.78. The van der Waals surface area contributed by atoms with Crippen molar-refractivity contribution >= 4 is 23.3 Å². The molecule has 4 fully saturated rings. The number of nitrogens with zero attached hydrogens (tertiary/aromatic N) is 1. The number of hydrogen-bond donors (Lipinski definition) is 2. The van der Waals surface area contributed by atoms with E-state index in [1.165, 1.54) is 44.1 Å². The van der Waals surface area contributed by atoms with Crippen LogP contribution in [0.15, 0.2) is 77.8 Å². The quantitative estimate of drug-likeness (QED) is 0.422. The van der Waals surface area contributed by atoms with Crippen LogP contribution in [0.5, 0.6) is 5.75 Å². The number of hydrogen-bond acceptors (Lipinski definition) is 3. The molecule has 3 nitrogen and oxygen atoms in total. The lowest BCUT2D eigenvalue weighted by Crippen LogP contribution is -2.48. The predicted molar refractivity (Wildman–Crippen MR) is 131 cm³/mol. The van der Waals surface area contributed by atoms with E-state index in [0.717, 1.165) is 40.4 Å². The Morgan fingerprint density at radius 2 is 1.41 bits per heavy atom. The lowest BCUT2D eigenvalue weighted by atomic mass is 9.48. The van der Waals surface area contributed by atoms with Crippen LogP contribution >= 0.6 is 0 Å². The van der Waals surface area contributed by atoms with Gasteiger partial charge in [-0.25, -0.2) is 0 Å².